The smallest absolute Gasteiger partial charge is 0.227 e. The Morgan fingerprint density at radius 2 is 2.24 bits per heavy atom. The first-order chi connectivity index (χ1) is 8.25. The Morgan fingerprint density at radius 3 is 2.88 bits per heavy atom. The number of pyridine rings is 1. The summed E-state index contributed by atoms with van der Waals surface area (Å²) < 4.78 is 0. The fraction of sp³-hybridized carbons (Fsp3) is 0.538. The van der Waals surface area contributed by atoms with Crippen LogP contribution in [-0.4, -0.2) is 34.9 Å². The van der Waals surface area contributed by atoms with E-state index in [2.05, 4.69) is 22.1 Å². The van der Waals surface area contributed by atoms with E-state index in [1.807, 2.05) is 12.1 Å². The normalized spacial score (nSPS) is 17.9. The molecule has 1 aromatic rings. The Kier molecular flexibility index (Phi) is 4.09. The first-order valence-corrected chi connectivity index (χ1v) is 6.20. The summed E-state index contributed by atoms with van der Waals surface area (Å²) in [6.45, 7) is 4.36. The van der Waals surface area contributed by atoms with Crippen molar-refractivity contribution in [2.75, 3.05) is 18.4 Å². The lowest BCUT2D eigenvalue weighted by Gasteiger charge is -2.22. The lowest BCUT2D eigenvalue weighted by molar-refractivity contribution is -0.117. The molecule has 0 aromatic carbocycles. The third-order valence-corrected chi connectivity index (χ3v) is 3.18. The van der Waals surface area contributed by atoms with Crippen LogP contribution in [0.15, 0.2) is 24.4 Å². The number of nitrogens with one attached hydrogen (secondary N) is 1. The molecule has 4 nitrogen and oxygen atoms in total. The van der Waals surface area contributed by atoms with Gasteiger partial charge in [0.25, 0.3) is 0 Å². The van der Waals surface area contributed by atoms with Crippen molar-refractivity contribution in [2.24, 2.45) is 0 Å². The molecule has 92 valence electrons. The average molecular weight is 233 g/mol. The van der Waals surface area contributed by atoms with Crippen LogP contribution in [0, 0.1) is 0 Å². The third-order valence-electron chi connectivity index (χ3n) is 3.18. The average Bonchev–Trinajstić information content (AvgIpc) is 2.83. The highest BCUT2D eigenvalue weighted by molar-refractivity contribution is 5.90. The Labute approximate surface area is 102 Å². The SMILES string of the molecule is C[C@@H](CC(=O)Nc1ccccn1)N1CCCC1. The van der Waals surface area contributed by atoms with Crippen LogP contribution >= 0.6 is 0 Å². The van der Waals surface area contributed by atoms with Gasteiger partial charge in [0.2, 0.25) is 5.91 Å². The number of hydrogen-bond acceptors (Lipinski definition) is 3. The maximum Gasteiger partial charge on any atom is 0.227 e. The van der Waals surface area contributed by atoms with Crippen LogP contribution in [0.25, 0.3) is 0 Å². The van der Waals surface area contributed by atoms with Crippen molar-refractivity contribution in [2.45, 2.75) is 32.2 Å². The molecule has 0 saturated carbocycles. The van der Waals surface area contributed by atoms with E-state index in [4.69, 9.17) is 0 Å². The summed E-state index contributed by atoms with van der Waals surface area (Å²) >= 11 is 0. The van der Waals surface area contributed by atoms with E-state index in [9.17, 15) is 4.79 Å². The van der Waals surface area contributed by atoms with Gasteiger partial charge < -0.3 is 10.2 Å². The minimum Gasteiger partial charge on any atom is -0.311 e. The van der Waals surface area contributed by atoms with Crippen molar-refractivity contribution >= 4 is 11.7 Å². The molecule has 2 rings (SSSR count). The van der Waals surface area contributed by atoms with E-state index in [-0.39, 0.29) is 5.91 Å². The molecule has 0 radical (unpaired) electrons. The molecule has 0 bridgehead atoms. The Bertz CT molecular complexity index is 360. The number of aromatic nitrogens is 1. The van der Waals surface area contributed by atoms with Crippen LogP contribution in [0.4, 0.5) is 5.82 Å². The zero-order chi connectivity index (χ0) is 12.1. The highest BCUT2D eigenvalue weighted by Crippen LogP contribution is 2.14. The number of amides is 1. The van der Waals surface area contributed by atoms with Gasteiger partial charge in [-0.05, 0) is 45.0 Å². The van der Waals surface area contributed by atoms with Gasteiger partial charge in [0.05, 0.1) is 0 Å². The molecule has 1 aliphatic rings. The summed E-state index contributed by atoms with van der Waals surface area (Å²) in [5, 5.41) is 2.82. The van der Waals surface area contributed by atoms with E-state index in [0.29, 0.717) is 18.3 Å². The molecule has 1 amide bonds. The summed E-state index contributed by atoms with van der Waals surface area (Å²) in [4.78, 5) is 18.3. The van der Waals surface area contributed by atoms with Crippen molar-refractivity contribution in [3.63, 3.8) is 0 Å². The van der Waals surface area contributed by atoms with Crippen LogP contribution in [-0.2, 0) is 4.79 Å². The van der Waals surface area contributed by atoms with Gasteiger partial charge in [0.15, 0.2) is 0 Å². The molecule has 17 heavy (non-hydrogen) atoms. The van der Waals surface area contributed by atoms with E-state index in [1.54, 1.807) is 12.3 Å². The number of likely N-dealkylation sites (tertiary alicyclic amines) is 1. The maximum atomic E-state index is 11.8. The van der Waals surface area contributed by atoms with Crippen molar-refractivity contribution in [1.82, 2.24) is 9.88 Å². The van der Waals surface area contributed by atoms with Crippen LogP contribution in [0.1, 0.15) is 26.2 Å². The molecule has 4 heteroatoms. The van der Waals surface area contributed by atoms with Crippen LogP contribution in [0.2, 0.25) is 0 Å². The van der Waals surface area contributed by atoms with E-state index < -0.39 is 0 Å². The van der Waals surface area contributed by atoms with Gasteiger partial charge in [-0.2, -0.15) is 0 Å². The van der Waals surface area contributed by atoms with Crippen molar-refractivity contribution in [3.8, 4) is 0 Å². The van der Waals surface area contributed by atoms with Gasteiger partial charge in [-0.25, -0.2) is 4.98 Å². The summed E-state index contributed by atoms with van der Waals surface area (Å²) in [5.74, 6) is 0.675. The quantitative estimate of drug-likeness (QED) is 0.863. The molecule has 2 heterocycles. The van der Waals surface area contributed by atoms with Gasteiger partial charge in [0, 0.05) is 18.7 Å². The van der Waals surface area contributed by atoms with E-state index >= 15 is 0 Å². The van der Waals surface area contributed by atoms with Crippen molar-refractivity contribution in [1.29, 1.82) is 0 Å². The third kappa shape index (κ3) is 3.53. The minimum atomic E-state index is 0.0445. The maximum absolute atomic E-state index is 11.8. The second-order valence-corrected chi connectivity index (χ2v) is 4.56. The molecule has 1 N–H and O–H groups in total. The standard InChI is InChI=1S/C13H19N3O/c1-11(16-8-4-5-9-16)10-13(17)15-12-6-2-3-7-14-12/h2-3,6-7,11H,4-5,8-10H2,1H3,(H,14,15,17)/t11-/m0/s1. The minimum absolute atomic E-state index is 0.0445. The first kappa shape index (κ1) is 12.0. The topological polar surface area (TPSA) is 45.2 Å². The predicted octanol–water partition coefficient (Wildman–Crippen LogP) is 1.89. The number of anilines is 1. The summed E-state index contributed by atoms with van der Waals surface area (Å²) in [5.41, 5.74) is 0. The molecule has 0 unspecified atom stereocenters. The molecular weight excluding hydrogens is 214 g/mol. The van der Waals surface area contributed by atoms with Crippen LogP contribution < -0.4 is 5.32 Å². The lowest BCUT2D eigenvalue weighted by Crippen LogP contribution is -2.33. The number of hydrogen-bond donors (Lipinski definition) is 1. The molecule has 0 aliphatic carbocycles. The van der Waals surface area contributed by atoms with Crippen LogP contribution in [0.3, 0.4) is 0 Å². The Morgan fingerprint density at radius 1 is 1.47 bits per heavy atom. The first-order valence-electron chi connectivity index (χ1n) is 6.20. The molecular formula is C13H19N3O. The molecule has 1 aliphatic heterocycles. The number of rotatable bonds is 4. The second kappa shape index (κ2) is 5.77. The van der Waals surface area contributed by atoms with Gasteiger partial charge in [-0.15, -0.1) is 0 Å². The molecule has 1 saturated heterocycles. The fourth-order valence-corrected chi connectivity index (χ4v) is 2.21. The van der Waals surface area contributed by atoms with Gasteiger partial charge in [-0.1, -0.05) is 6.07 Å². The Hall–Kier alpha value is -1.42. The Balaban J connectivity index is 1.80. The number of carbonyl (C=O) groups excluding carboxylic acids is 1. The zero-order valence-electron chi connectivity index (χ0n) is 10.2. The molecule has 0 spiro atoms. The van der Waals surface area contributed by atoms with Crippen molar-refractivity contribution in [3.05, 3.63) is 24.4 Å². The molecule has 1 fully saturated rings. The summed E-state index contributed by atoms with van der Waals surface area (Å²) in [6.07, 6.45) is 4.73. The van der Waals surface area contributed by atoms with Crippen LogP contribution in [0.5, 0.6) is 0 Å². The fourth-order valence-electron chi connectivity index (χ4n) is 2.21. The second-order valence-electron chi connectivity index (χ2n) is 4.56. The van der Waals surface area contributed by atoms with Gasteiger partial charge >= 0.3 is 0 Å². The molecule has 1 aromatic heterocycles. The largest absolute Gasteiger partial charge is 0.311 e. The number of nitrogens with zero attached hydrogens (tertiary/aromatic N) is 2. The van der Waals surface area contributed by atoms with Crippen molar-refractivity contribution < 1.29 is 4.79 Å². The zero-order valence-corrected chi connectivity index (χ0v) is 10.2. The highest BCUT2D eigenvalue weighted by atomic mass is 16.1. The molecule has 1 atom stereocenters. The van der Waals surface area contributed by atoms with Gasteiger partial charge in [0.1, 0.15) is 5.82 Å². The monoisotopic (exact) mass is 233 g/mol. The van der Waals surface area contributed by atoms with E-state index in [1.165, 1.54) is 12.8 Å². The summed E-state index contributed by atoms with van der Waals surface area (Å²) in [6, 6.07) is 5.83. The highest BCUT2D eigenvalue weighted by Gasteiger charge is 2.20. The number of carbonyl (C=O) groups is 1. The van der Waals surface area contributed by atoms with Gasteiger partial charge in [-0.3, -0.25) is 4.79 Å². The predicted molar refractivity (Wildman–Crippen MR) is 67.8 cm³/mol. The lowest BCUT2D eigenvalue weighted by atomic mass is 10.2. The summed E-state index contributed by atoms with van der Waals surface area (Å²) in [7, 11) is 0. The van der Waals surface area contributed by atoms with E-state index in [0.717, 1.165) is 13.1 Å².